The Bertz CT molecular complexity index is 1140. The van der Waals surface area contributed by atoms with E-state index >= 15 is 4.39 Å². The monoisotopic (exact) mass is 461 g/mol. The van der Waals surface area contributed by atoms with E-state index in [2.05, 4.69) is 20.3 Å². The summed E-state index contributed by atoms with van der Waals surface area (Å²) in [5.74, 6) is -4.28. The van der Waals surface area contributed by atoms with Gasteiger partial charge in [-0.3, -0.25) is 10.2 Å². The average Bonchev–Trinajstić information content (AvgIpc) is 3.53. The smallest absolute Gasteiger partial charge is 0.308 e. The molecule has 6 N–H and O–H groups in total. The maximum absolute atomic E-state index is 15.4. The van der Waals surface area contributed by atoms with E-state index in [0.29, 0.717) is 0 Å². The number of aliphatic carboxylic acids is 1. The number of nitrogen functional groups attached to an aromatic ring is 1. The lowest BCUT2D eigenvalue weighted by Crippen LogP contribution is -2.51. The van der Waals surface area contributed by atoms with Crippen LogP contribution in [0.2, 0.25) is 0 Å². The standard InChI is InChI=1S/C22H23F3N6O2/c23-10-5-12(19(27)28-7-10)16(26)21-30-18(11-6-13(11)24)15(25)20(31-21)29-17-9-3-1-8(2-4-9)14(17)22(32)33/h5,7-9,11,13-14,17,26H,1-4,6H2,(H2,27,28)(H,32,33)(H,29,30,31)/p+1/t8?,9?,11?,13?,14-,17-/m0/s1. The molecule has 4 fully saturated rings. The lowest BCUT2D eigenvalue weighted by Gasteiger charge is -2.47. The first-order chi connectivity index (χ1) is 15.7. The molecule has 2 bridgehead atoms. The highest BCUT2D eigenvalue weighted by Crippen LogP contribution is 2.48. The summed E-state index contributed by atoms with van der Waals surface area (Å²) in [7, 11) is 0. The van der Waals surface area contributed by atoms with E-state index in [1.807, 2.05) is 0 Å². The number of nitrogens with one attached hydrogen (secondary N) is 1. The van der Waals surface area contributed by atoms with Crippen LogP contribution in [0.3, 0.4) is 0 Å². The molecular formula is C22H24F3N6O2+. The summed E-state index contributed by atoms with van der Waals surface area (Å²) in [5.41, 5.74) is 5.57. The molecule has 11 heteroatoms. The van der Waals surface area contributed by atoms with Crippen LogP contribution in [-0.2, 0) is 4.79 Å². The number of hydrogen-bond donors (Lipinski definition) is 4. The van der Waals surface area contributed by atoms with E-state index in [1.54, 1.807) is 0 Å². The Labute approximate surface area is 187 Å². The van der Waals surface area contributed by atoms with Gasteiger partial charge in [-0.15, -0.1) is 0 Å². The van der Waals surface area contributed by atoms with Crippen LogP contribution in [0.1, 0.15) is 55.1 Å². The highest BCUT2D eigenvalue weighted by atomic mass is 19.1. The minimum Gasteiger partial charge on any atom is -0.481 e. The van der Waals surface area contributed by atoms with E-state index in [0.717, 1.165) is 37.9 Å². The second-order valence-corrected chi connectivity index (χ2v) is 9.16. The molecule has 4 atom stereocenters. The Morgan fingerprint density at radius 1 is 1.18 bits per heavy atom. The normalized spacial score (nSPS) is 30.2. The number of aromatic nitrogens is 3. The molecule has 2 heterocycles. The van der Waals surface area contributed by atoms with Crippen LogP contribution in [0.15, 0.2) is 12.3 Å². The first-order valence-electron chi connectivity index (χ1n) is 11.0. The van der Waals surface area contributed by atoms with Crippen molar-refractivity contribution in [3.8, 4) is 0 Å². The second-order valence-electron chi connectivity index (χ2n) is 9.16. The molecule has 33 heavy (non-hydrogen) atoms. The molecule has 0 aromatic carbocycles. The van der Waals surface area contributed by atoms with Gasteiger partial charge in [0.2, 0.25) is 5.82 Å². The van der Waals surface area contributed by atoms with Crippen molar-refractivity contribution in [2.75, 3.05) is 11.1 Å². The number of rotatable bonds is 6. The van der Waals surface area contributed by atoms with Crippen molar-refractivity contribution in [2.45, 2.75) is 50.2 Å². The van der Waals surface area contributed by atoms with Gasteiger partial charge >= 0.3 is 5.97 Å². The molecular weight excluding hydrogens is 437 g/mol. The zero-order chi connectivity index (χ0) is 23.4. The number of anilines is 2. The highest BCUT2D eigenvalue weighted by Gasteiger charge is 2.48. The molecule has 0 aliphatic heterocycles. The molecule has 6 rings (SSSR count). The van der Waals surface area contributed by atoms with Crippen LogP contribution in [-0.4, -0.2) is 44.0 Å². The van der Waals surface area contributed by atoms with Gasteiger partial charge in [-0.1, -0.05) is 0 Å². The van der Waals surface area contributed by atoms with Gasteiger partial charge in [0.1, 0.15) is 17.8 Å². The van der Waals surface area contributed by atoms with Crippen molar-refractivity contribution in [2.24, 2.45) is 17.8 Å². The van der Waals surface area contributed by atoms with Crippen molar-refractivity contribution in [1.29, 1.82) is 0 Å². The summed E-state index contributed by atoms with van der Waals surface area (Å²) in [5, 5.41) is 19.0. The molecule has 174 valence electrons. The molecule has 0 radical (unpaired) electrons. The average molecular weight is 461 g/mol. The molecule has 4 aliphatic carbocycles. The van der Waals surface area contributed by atoms with Crippen LogP contribution in [0.5, 0.6) is 0 Å². The largest absolute Gasteiger partial charge is 0.481 e. The number of nitrogens with two attached hydrogens (primary N) is 2. The third-order valence-corrected chi connectivity index (χ3v) is 7.16. The van der Waals surface area contributed by atoms with Crippen molar-refractivity contribution >= 4 is 23.3 Å². The van der Waals surface area contributed by atoms with Crippen molar-refractivity contribution in [3.05, 3.63) is 41.0 Å². The topological polar surface area (TPSA) is 140 Å². The van der Waals surface area contributed by atoms with Gasteiger partial charge < -0.3 is 16.2 Å². The van der Waals surface area contributed by atoms with Gasteiger partial charge in [0, 0.05) is 12.0 Å². The fourth-order valence-corrected chi connectivity index (χ4v) is 5.33. The lowest BCUT2D eigenvalue weighted by atomic mass is 9.61. The number of alkyl halides is 1. The van der Waals surface area contributed by atoms with E-state index < -0.39 is 41.7 Å². The Kier molecular flexibility index (Phi) is 5.21. The van der Waals surface area contributed by atoms with Gasteiger partial charge in [-0.25, -0.2) is 28.1 Å². The van der Waals surface area contributed by atoms with Crippen LogP contribution in [0, 0.1) is 29.4 Å². The van der Waals surface area contributed by atoms with Crippen LogP contribution < -0.4 is 16.5 Å². The first kappa shape index (κ1) is 21.6. The minimum atomic E-state index is -1.24. The Hall–Kier alpha value is -3.24. The number of carboxylic acids is 1. The second kappa shape index (κ2) is 7.96. The maximum Gasteiger partial charge on any atom is 0.308 e. The van der Waals surface area contributed by atoms with E-state index in [1.165, 1.54) is 0 Å². The van der Waals surface area contributed by atoms with Crippen molar-refractivity contribution in [1.82, 2.24) is 15.0 Å². The van der Waals surface area contributed by atoms with E-state index in [4.69, 9.17) is 11.1 Å². The minimum absolute atomic E-state index is 0.00212. The quantitative estimate of drug-likeness (QED) is 0.478. The number of halogens is 3. The molecule has 2 aromatic heterocycles. The first-order valence-corrected chi connectivity index (χ1v) is 11.0. The van der Waals surface area contributed by atoms with Gasteiger partial charge in [0.25, 0.3) is 5.71 Å². The summed E-state index contributed by atoms with van der Waals surface area (Å²) < 4.78 is 43.0. The molecule has 0 saturated heterocycles. The van der Waals surface area contributed by atoms with Crippen LogP contribution in [0.4, 0.5) is 24.8 Å². The fourth-order valence-electron chi connectivity index (χ4n) is 5.33. The Morgan fingerprint density at radius 2 is 1.85 bits per heavy atom. The fraction of sp³-hybridized carbons (Fsp3) is 0.500. The van der Waals surface area contributed by atoms with Gasteiger partial charge in [0.15, 0.2) is 11.6 Å². The number of nitrogens with zero attached hydrogens (tertiary/aromatic N) is 3. The number of fused-ring (bicyclic) bond motifs is 3. The maximum atomic E-state index is 15.4. The van der Waals surface area contributed by atoms with Crippen molar-refractivity contribution < 1.29 is 28.5 Å². The third-order valence-electron chi connectivity index (χ3n) is 7.16. The van der Waals surface area contributed by atoms with Gasteiger partial charge in [0.05, 0.1) is 23.4 Å². The lowest BCUT2D eigenvalue weighted by molar-refractivity contribution is -0.148. The highest BCUT2D eigenvalue weighted by molar-refractivity contribution is 6.09. The molecule has 0 spiro atoms. The summed E-state index contributed by atoms with van der Waals surface area (Å²) in [6, 6.07) is 0.537. The Balaban J connectivity index is 1.55. The predicted octanol–water partition coefficient (Wildman–Crippen LogP) is 1.46. The summed E-state index contributed by atoms with van der Waals surface area (Å²) >= 11 is 0. The van der Waals surface area contributed by atoms with E-state index in [-0.39, 0.29) is 52.7 Å². The zero-order valence-electron chi connectivity index (χ0n) is 17.6. The summed E-state index contributed by atoms with van der Waals surface area (Å²) in [6.07, 6.45) is 3.12. The molecule has 8 nitrogen and oxygen atoms in total. The summed E-state index contributed by atoms with van der Waals surface area (Å²) in [4.78, 5) is 24.1. The van der Waals surface area contributed by atoms with Gasteiger partial charge in [-0.05, 0) is 50.0 Å². The summed E-state index contributed by atoms with van der Waals surface area (Å²) in [6.45, 7) is 0. The molecule has 4 aliphatic rings. The Morgan fingerprint density at radius 3 is 2.48 bits per heavy atom. The van der Waals surface area contributed by atoms with Crippen LogP contribution in [0.25, 0.3) is 0 Å². The number of pyridine rings is 1. The number of carboxylic acid groups (broad SMARTS) is 1. The number of hydrogen-bond acceptors (Lipinski definition) is 6. The molecule has 4 saturated carbocycles. The van der Waals surface area contributed by atoms with E-state index in [9.17, 15) is 18.7 Å². The number of carbonyl (C=O) groups is 1. The molecule has 0 amide bonds. The predicted molar refractivity (Wildman–Crippen MR) is 112 cm³/mol. The third kappa shape index (κ3) is 3.79. The SMILES string of the molecule is Nc1ncc(F)cc1C(=[NH2+])c1nc(N[C@H]2C3CCC(CC3)[C@@H]2C(=O)O)c(F)c(C2CC2F)n1. The molecule has 2 unspecified atom stereocenters. The van der Waals surface area contributed by atoms with Crippen LogP contribution >= 0.6 is 0 Å². The van der Waals surface area contributed by atoms with Crippen molar-refractivity contribution in [3.63, 3.8) is 0 Å². The molecule has 2 aromatic rings. The van der Waals surface area contributed by atoms with Gasteiger partial charge in [-0.2, -0.15) is 0 Å². The zero-order valence-corrected chi connectivity index (χ0v) is 17.6.